The molecule has 0 aromatic heterocycles. The summed E-state index contributed by atoms with van der Waals surface area (Å²) in [6.45, 7) is 2.54. The first kappa shape index (κ1) is 15.0. The highest BCUT2D eigenvalue weighted by atomic mass is 16.5. The maximum absolute atomic E-state index is 11.9. The number of urea groups is 1. The van der Waals surface area contributed by atoms with E-state index in [0.29, 0.717) is 24.4 Å². The number of ether oxygens (including phenoxy) is 1. The van der Waals surface area contributed by atoms with Crippen LogP contribution in [0.15, 0.2) is 18.2 Å². The van der Waals surface area contributed by atoms with Crippen LogP contribution in [0.25, 0.3) is 0 Å². The lowest BCUT2D eigenvalue weighted by atomic mass is 10.1. The largest absolute Gasteiger partial charge is 0.478 e. The van der Waals surface area contributed by atoms with Gasteiger partial charge in [-0.3, -0.25) is 0 Å². The molecule has 0 saturated carbocycles. The molecular weight excluding hydrogens is 248 g/mol. The third-order valence-electron chi connectivity index (χ3n) is 2.71. The summed E-state index contributed by atoms with van der Waals surface area (Å²) >= 11 is 0. The van der Waals surface area contributed by atoms with Crippen LogP contribution in [0.4, 0.5) is 10.5 Å². The van der Waals surface area contributed by atoms with Crippen molar-refractivity contribution < 1.29 is 19.4 Å². The van der Waals surface area contributed by atoms with Crippen LogP contribution in [0, 0.1) is 6.92 Å². The van der Waals surface area contributed by atoms with Gasteiger partial charge in [0.05, 0.1) is 17.9 Å². The molecule has 0 atom stereocenters. The van der Waals surface area contributed by atoms with Crippen LogP contribution < -0.4 is 5.32 Å². The first-order valence-electron chi connectivity index (χ1n) is 5.81. The standard InChI is InChI=1S/C13H18N2O4/c1-9-5-4-6-10(11(9)12(16)17)14-13(18)15(2)7-8-19-3/h4-6H,7-8H2,1-3H3,(H,14,18)(H,16,17). The average Bonchev–Trinajstić information content (AvgIpc) is 2.35. The Morgan fingerprint density at radius 2 is 2.11 bits per heavy atom. The molecule has 1 aromatic rings. The van der Waals surface area contributed by atoms with E-state index in [-0.39, 0.29) is 11.6 Å². The van der Waals surface area contributed by atoms with E-state index in [9.17, 15) is 9.59 Å². The highest BCUT2D eigenvalue weighted by molar-refractivity contribution is 6.01. The van der Waals surface area contributed by atoms with Gasteiger partial charge in [-0.15, -0.1) is 0 Å². The molecule has 6 heteroatoms. The number of hydrogen-bond acceptors (Lipinski definition) is 3. The van der Waals surface area contributed by atoms with Crippen molar-refractivity contribution in [3.63, 3.8) is 0 Å². The summed E-state index contributed by atoms with van der Waals surface area (Å²) in [7, 11) is 3.17. The number of aromatic carboxylic acids is 1. The zero-order valence-electron chi connectivity index (χ0n) is 11.3. The van der Waals surface area contributed by atoms with Crippen molar-refractivity contribution in [2.45, 2.75) is 6.92 Å². The number of benzene rings is 1. The summed E-state index contributed by atoms with van der Waals surface area (Å²) < 4.78 is 4.88. The van der Waals surface area contributed by atoms with Crippen LogP contribution in [-0.4, -0.2) is 49.3 Å². The topological polar surface area (TPSA) is 78.9 Å². The zero-order chi connectivity index (χ0) is 14.4. The van der Waals surface area contributed by atoms with E-state index in [4.69, 9.17) is 9.84 Å². The lowest BCUT2D eigenvalue weighted by Crippen LogP contribution is -2.34. The lowest BCUT2D eigenvalue weighted by Gasteiger charge is -2.18. The number of carbonyl (C=O) groups excluding carboxylic acids is 1. The molecule has 0 radical (unpaired) electrons. The van der Waals surface area contributed by atoms with Crippen LogP contribution in [0.3, 0.4) is 0 Å². The van der Waals surface area contributed by atoms with Gasteiger partial charge in [-0.05, 0) is 18.6 Å². The summed E-state index contributed by atoms with van der Waals surface area (Å²) in [4.78, 5) is 24.5. The van der Waals surface area contributed by atoms with Crippen LogP contribution in [0.5, 0.6) is 0 Å². The molecule has 1 rings (SSSR count). The molecule has 0 heterocycles. The molecule has 0 aliphatic heterocycles. The summed E-state index contributed by atoms with van der Waals surface area (Å²) in [5.74, 6) is -1.06. The Hall–Kier alpha value is -2.08. The third-order valence-corrected chi connectivity index (χ3v) is 2.71. The number of rotatable bonds is 5. The monoisotopic (exact) mass is 266 g/mol. The van der Waals surface area contributed by atoms with Crippen molar-refractivity contribution in [1.29, 1.82) is 0 Å². The molecule has 19 heavy (non-hydrogen) atoms. The molecule has 0 unspecified atom stereocenters. The highest BCUT2D eigenvalue weighted by Crippen LogP contribution is 2.19. The number of methoxy groups -OCH3 is 1. The normalized spacial score (nSPS) is 10.1. The number of nitrogens with one attached hydrogen (secondary N) is 1. The van der Waals surface area contributed by atoms with Crippen LogP contribution in [0.2, 0.25) is 0 Å². The van der Waals surface area contributed by atoms with Crippen LogP contribution in [0.1, 0.15) is 15.9 Å². The van der Waals surface area contributed by atoms with E-state index < -0.39 is 5.97 Å². The molecule has 0 saturated heterocycles. The quantitative estimate of drug-likeness (QED) is 0.851. The molecule has 0 fully saturated rings. The van der Waals surface area contributed by atoms with E-state index in [0.717, 1.165) is 0 Å². The number of likely N-dealkylation sites (N-methyl/N-ethyl adjacent to an activating group) is 1. The van der Waals surface area contributed by atoms with E-state index in [1.165, 1.54) is 4.90 Å². The van der Waals surface area contributed by atoms with Crippen molar-refractivity contribution in [3.05, 3.63) is 29.3 Å². The van der Waals surface area contributed by atoms with Crippen molar-refractivity contribution in [1.82, 2.24) is 4.90 Å². The van der Waals surface area contributed by atoms with Crippen molar-refractivity contribution in [2.24, 2.45) is 0 Å². The second kappa shape index (κ2) is 6.75. The lowest BCUT2D eigenvalue weighted by molar-refractivity contribution is 0.0697. The molecule has 1 aromatic carbocycles. The van der Waals surface area contributed by atoms with Crippen molar-refractivity contribution in [2.75, 3.05) is 32.6 Å². The van der Waals surface area contributed by atoms with Gasteiger partial charge < -0.3 is 20.1 Å². The van der Waals surface area contributed by atoms with E-state index in [1.807, 2.05) is 0 Å². The van der Waals surface area contributed by atoms with Crippen molar-refractivity contribution in [3.8, 4) is 0 Å². The number of hydrogen-bond donors (Lipinski definition) is 2. The molecule has 2 amide bonds. The third kappa shape index (κ3) is 3.96. The molecule has 0 spiro atoms. The zero-order valence-corrected chi connectivity index (χ0v) is 11.3. The first-order chi connectivity index (χ1) is 8.97. The van der Waals surface area contributed by atoms with Gasteiger partial charge >= 0.3 is 12.0 Å². The molecule has 0 bridgehead atoms. The number of anilines is 1. The Bertz CT molecular complexity index is 474. The van der Waals surface area contributed by atoms with Gasteiger partial charge in [0, 0.05) is 20.7 Å². The molecule has 6 nitrogen and oxygen atoms in total. The number of amides is 2. The average molecular weight is 266 g/mol. The smallest absolute Gasteiger partial charge is 0.338 e. The molecule has 0 aliphatic rings. The van der Waals surface area contributed by atoms with Crippen molar-refractivity contribution >= 4 is 17.7 Å². The van der Waals surface area contributed by atoms with E-state index in [2.05, 4.69) is 5.32 Å². The van der Waals surface area contributed by atoms with E-state index in [1.54, 1.807) is 39.3 Å². The molecule has 104 valence electrons. The fourth-order valence-corrected chi connectivity index (χ4v) is 1.60. The fraction of sp³-hybridized carbons (Fsp3) is 0.385. The second-order valence-corrected chi connectivity index (χ2v) is 4.15. The summed E-state index contributed by atoms with van der Waals surface area (Å²) in [5, 5.41) is 11.7. The Morgan fingerprint density at radius 3 is 2.68 bits per heavy atom. The van der Waals surface area contributed by atoms with Gasteiger partial charge in [0.2, 0.25) is 0 Å². The van der Waals surface area contributed by atoms with Crippen LogP contribution in [-0.2, 0) is 4.74 Å². The number of carboxylic acids is 1. The van der Waals surface area contributed by atoms with Gasteiger partial charge in [-0.2, -0.15) is 0 Å². The van der Waals surface area contributed by atoms with Gasteiger partial charge in [0.15, 0.2) is 0 Å². The number of carbonyl (C=O) groups is 2. The minimum atomic E-state index is -1.06. The minimum Gasteiger partial charge on any atom is -0.478 e. The Balaban J connectivity index is 2.85. The van der Waals surface area contributed by atoms with Gasteiger partial charge in [-0.25, -0.2) is 9.59 Å². The highest BCUT2D eigenvalue weighted by Gasteiger charge is 2.16. The number of carboxylic acid groups (broad SMARTS) is 1. The second-order valence-electron chi connectivity index (χ2n) is 4.15. The Labute approximate surface area is 112 Å². The first-order valence-corrected chi connectivity index (χ1v) is 5.81. The minimum absolute atomic E-state index is 0.107. The summed E-state index contributed by atoms with van der Waals surface area (Å²) in [6, 6.07) is 4.59. The Kier molecular flexibility index (Phi) is 5.32. The summed E-state index contributed by atoms with van der Waals surface area (Å²) in [5.41, 5.74) is 1.00. The fourth-order valence-electron chi connectivity index (χ4n) is 1.60. The molecule has 2 N–H and O–H groups in total. The maximum Gasteiger partial charge on any atom is 0.338 e. The van der Waals surface area contributed by atoms with Gasteiger partial charge in [0.1, 0.15) is 0 Å². The van der Waals surface area contributed by atoms with Crippen LogP contribution >= 0.6 is 0 Å². The SMILES string of the molecule is COCCN(C)C(=O)Nc1cccc(C)c1C(=O)O. The van der Waals surface area contributed by atoms with Gasteiger partial charge in [-0.1, -0.05) is 12.1 Å². The predicted molar refractivity (Wildman–Crippen MR) is 71.7 cm³/mol. The maximum atomic E-state index is 11.9. The van der Waals surface area contributed by atoms with E-state index >= 15 is 0 Å². The molecular formula is C13H18N2O4. The van der Waals surface area contributed by atoms with Gasteiger partial charge in [0.25, 0.3) is 0 Å². The predicted octanol–water partition coefficient (Wildman–Crippen LogP) is 1.80. The molecule has 0 aliphatic carbocycles. The number of nitrogens with zero attached hydrogens (tertiary/aromatic N) is 1. The summed E-state index contributed by atoms with van der Waals surface area (Å²) in [6.07, 6.45) is 0. The Morgan fingerprint density at radius 1 is 1.42 bits per heavy atom. The number of aryl methyl sites for hydroxylation is 1.